The molecule has 2 aliphatic heterocycles. The largest absolute Gasteiger partial charge is 0.315 e. The van der Waals surface area contributed by atoms with Crippen molar-refractivity contribution < 1.29 is 13.2 Å². The van der Waals surface area contributed by atoms with Gasteiger partial charge in [-0.25, -0.2) is 8.42 Å². The first kappa shape index (κ1) is 16.0. The van der Waals surface area contributed by atoms with E-state index in [2.05, 4.69) is 6.07 Å². The number of anilines is 1. The van der Waals surface area contributed by atoms with Crippen LogP contribution in [0.25, 0.3) is 0 Å². The molecule has 1 aromatic rings. The van der Waals surface area contributed by atoms with Crippen LogP contribution >= 0.6 is 0 Å². The van der Waals surface area contributed by atoms with Crippen LogP contribution in [0.5, 0.6) is 0 Å². The fourth-order valence-electron chi connectivity index (χ4n) is 3.17. The minimum absolute atomic E-state index is 0.0479. The van der Waals surface area contributed by atoms with Crippen molar-refractivity contribution in [3.05, 3.63) is 23.8 Å². The van der Waals surface area contributed by atoms with E-state index in [-0.39, 0.29) is 16.7 Å². The SMILES string of the molecule is CN1C(=O)CCc2cc(S(=O)(=O)N3CCC(C#N)CC3)ccc21. The number of rotatable bonds is 2. The Morgan fingerprint density at radius 3 is 2.57 bits per heavy atom. The zero-order valence-electron chi connectivity index (χ0n) is 13.0. The summed E-state index contributed by atoms with van der Waals surface area (Å²) >= 11 is 0. The number of piperidine rings is 1. The third kappa shape index (κ3) is 2.84. The zero-order chi connectivity index (χ0) is 16.6. The molecule has 0 unspecified atom stereocenters. The lowest BCUT2D eigenvalue weighted by Gasteiger charge is -2.30. The summed E-state index contributed by atoms with van der Waals surface area (Å²) in [5.41, 5.74) is 1.67. The lowest BCUT2D eigenvalue weighted by Crippen LogP contribution is -2.38. The number of amides is 1. The van der Waals surface area contributed by atoms with Crippen LogP contribution in [0.15, 0.2) is 23.1 Å². The number of hydrogen-bond acceptors (Lipinski definition) is 4. The molecular formula is C16H19N3O3S. The molecule has 1 saturated heterocycles. The molecule has 0 atom stereocenters. The summed E-state index contributed by atoms with van der Waals surface area (Å²) < 4.78 is 27.0. The minimum atomic E-state index is -3.54. The van der Waals surface area contributed by atoms with Crippen LogP contribution in [0, 0.1) is 17.2 Å². The van der Waals surface area contributed by atoms with E-state index in [1.54, 1.807) is 30.1 Å². The van der Waals surface area contributed by atoms with Gasteiger partial charge in [0, 0.05) is 38.2 Å². The number of aryl methyl sites for hydroxylation is 1. The van der Waals surface area contributed by atoms with Gasteiger partial charge in [-0.1, -0.05) is 0 Å². The van der Waals surface area contributed by atoms with Gasteiger partial charge in [0.1, 0.15) is 0 Å². The lowest BCUT2D eigenvalue weighted by atomic mass is 10.0. The van der Waals surface area contributed by atoms with Crippen LogP contribution in [0.4, 0.5) is 5.69 Å². The Bertz CT molecular complexity index is 774. The maximum Gasteiger partial charge on any atom is 0.243 e. The second-order valence-corrected chi connectivity index (χ2v) is 7.99. The molecule has 0 saturated carbocycles. The summed E-state index contributed by atoms with van der Waals surface area (Å²) in [6, 6.07) is 7.17. The van der Waals surface area contributed by atoms with Crippen LogP contribution in [0.1, 0.15) is 24.8 Å². The van der Waals surface area contributed by atoms with E-state index in [1.165, 1.54) is 4.31 Å². The monoisotopic (exact) mass is 333 g/mol. The topological polar surface area (TPSA) is 81.5 Å². The molecule has 0 N–H and O–H groups in total. The lowest BCUT2D eigenvalue weighted by molar-refractivity contribution is -0.118. The smallest absolute Gasteiger partial charge is 0.243 e. The first-order chi connectivity index (χ1) is 10.9. The predicted octanol–water partition coefficient (Wildman–Crippen LogP) is 1.52. The Kier molecular flexibility index (Phi) is 4.13. The van der Waals surface area contributed by atoms with Gasteiger partial charge in [-0.15, -0.1) is 0 Å². The van der Waals surface area contributed by atoms with E-state index in [1.807, 2.05) is 0 Å². The van der Waals surface area contributed by atoms with Crippen LogP contribution in [0.2, 0.25) is 0 Å². The van der Waals surface area contributed by atoms with Crippen LogP contribution in [0.3, 0.4) is 0 Å². The van der Waals surface area contributed by atoms with Crippen molar-refractivity contribution in [3.8, 4) is 6.07 Å². The highest BCUT2D eigenvalue weighted by Gasteiger charge is 2.30. The fourth-order valence-corrected chi connectivity index (χ4v) is 4.69. The first-order valence-electron chi connectivity index (χ1n) is 7.72. The molecule has 0 bridgehead atoms. The molecule has 122 valence electrons. The second-order valence-electron chi connectivity index (χ2n) is 6.05. The summed E-state index contributed by atoms with van der Waals surface area (Å²) in [5, 5.41) is 8.93. The summed E-state index contributed by atoms with van der Waals surface area (Å²) in [5.74, 6) is -0.00340. The number of sulfonamides is 1. The number of nitrogens with zero attached hydrogens (tertiary/aromatic N) is 3. The molecule has 0 aliphatic carbocycles. The number of benzene rings is 1. The van der Waals surface area contributed by atoms with Crippen LogP contribution < -0.4 is 4.90 Å². The Balaban J connectivity index is 1.87. The van der Waals surface area contributed by atoms with Crippen molar-refractivity contribution in [3.63, 3.8) is 0 Å². The third-order valence-electron chi connectivity index (χ3n) is 4.67. The number of carbonyl (C=O) groups excluding carboxylic acids is 1. The molecule has 1 aromatic carbocycles. The Labute approximate surface area is 136 Å². The predicted molar refractivity (Wildman–Crippen MR) is 85.3 cm³/mol. The molecule has 1 amide bonds. The highest BCUT2D eigenvalue weighted by molar-refractivity contribution is 7.89. The highest BCUT2D eigenvalue weighted by atomic mass is 32.2. The van der Waals surface area contributed by atoms with Crippen molar-refractivity contribution in [2.75, 3.05) is 25.0 Å². The fraction of sp³-hybridized carbons (Fsp3) is 0.500. The van der Waals surface area contributed by atoms with E-state index in [9.17, 15) is 13.2 Å². The van der Waals surface area contributed by atoms with Gasteiger partial charge in [0.15, 0.2) is 0 Å². The van der Waals surface area contributed by atoms with Crippen LogP contribution in [-0.2, 0) is 21.2 Å². The molecule has 1 fully saturated rings. The quantitative estimate of drug-likeness (QED) is 0.822. The molecule has 2 aliphatic rings. The Hall–Kier alpha value is -1.91. The normalized spacial score (nSPS) is 20.2. The number of nitriles is 1. The van der Waals surface area contributed by atoms with Crippen molar-refractivity contribution in [2.24, 2.45) is 5.92 Å². The Morgan fingerprint density at radius 1 is 1.22 bits per heavy atom. The molecule has 0 aromatic heterocycles. The molecule has 7 heteroatoms. The van der Waals surface area contributed by atoms with Gasteiger partial charge in [0.2, 0.25) is 15.9 Å². The molecule has 23 heavy (non-hydrogen) atoms. The first-order valence-corrected chi connectivity index (χ1v) is 9.17. The second kappa shape index (κ2) is 5.95. The van der Waals surface area contributed by atoms with Gasteiger partial charge in [-0.3, -0.25) is 4.79 Å². The summed E-state index contributed by atoms with van der Waals surface area (Å²) in [6.07, 6.45) is 2.13. The van der Waals surface area contributed by atoms with E-state index in [0.717, 1.165) is 11.3 Å². The summed E-state index contributed by atoms with van der Waals surface area (Å²) in [4.78, 5) is 13.6. The molecule has 0 spiro atoms. The molecule has 0 radical (unpaired) electrons. The van der Waals surface area contributed by atoms with Gasteiger partial charge < -0.3 is 4.90 Å². The van der Waals surface area contributed by atoms with Crippen molar-refractivity contribution in [2.45, 2.75) is 30.6 Å². The van der Waals surface area contributed by atoms with Gasteiger partial charge in [0.05, 0.1) is 11.0 Å². The highest BCUT2D eigenvalue weighted by Crippen LogP contribution is 2.31. The molecule has 6 nitrogen and oxygen atoms in total. The maximum atomic E-state index is 12.8. The van der Waals surface area contributed by atoms with Gasteiger partial charge in [0.25, 0.3) is 0 Å². The van der Waals surface area contributed by atoms with Crippen molar-refractivity contribution >= 4 is 21.6 Å². The van der Waals surface area contributed by atoms with Gasteiger partial charge >= 0.3 is 0 Å². The van der Waals surface area contributed by atoms with E-state index < -0.39 is 10.0 Å². The number of fused-ring (bicyclic) bond motifs is 1. The molecular weight excluding hydrogens is 314 g/mol. The van der Waals surface area contributed by atoms with Crippen molar-refractivity contribution in [1.29, 1.82) is 5.26 Å². The van der Waals surface area contributed by atoms with E-state index in [0.29, 0.717) is 38.8 Å². The number of carbonyl (C=O) groups is 1. The van der Waals surface area contributed by atoms with Crippen LogP contribution in [-0.4, -0.2) is 38.8 Å². The van der Waals surface area contributed by atoms with Crippen molar-refractivity contribution in [1.82, 2.24) is 4.31 Å². The van der Waals surface area contributed by atoms with Gasteiger partial charge in [-0.2, -0.15) is 9.57 Å². The molecule has 2 heterocycles. The van der Waals surface area contributed by atoms with Gasteiger partial charge in [-0.05, 0) is 43.0 Å². The standard InChI is InChI=1S/C16H19N3O3S/c1-18-15-4-3-14(10-13(15)2-5-16(18)20)23(21,22)19-8-6-12(11-17)7-9-19/h3-4,10,12H,2,5-9H2,1H3. The van der Waals surface area contributed by atoms with E-state index in [4.69, 9.17) is 5.26 Å². The third-order valence-corrected chi connectivity index (χ3v) is 6.56. The average Bonchev–Trinajstić information content (AvgIpc) is 2.58. The maximum absolute atomic E-state index is 12.8. The summed E-state index contributed by atoms with van der Waals surface area (Å²) in [7, 11) is -1.83. The zero-order valence-corrected chi connectivity index (χ0v) is 13.8. The average molecular weight is 333 g/mol. The molecule has 3 rings (SSSR count). The summed E-state index contributed by atoms with van der Waals surface area (Å²) in [6.45, 7) is 0.770. The number of hydrogen-bond donors (Lipinski definition) is 0. The minimum Gasteiger partial charge on any atom is -0.315 e. The van der Waals surface area contributed by atoms with E-state index >= 15 is 0 Å². The Morgan fingerprint density at radius 2 is 1.91 bits per heavy atom.